The van der Waals surface area contributed by atoms with E-state index in [4.69, 9.17) is 4.74 Å². The third-order valence-electron chi connectivity index (χ3n) is 9.26. The lowest BCUT2D eigenvalue weighted by Gasteiger charge is -2.36. The van der Waals surface area contributed by atoms with Gasteiger partial charge in [-0.2, -0.15) is 0 Å². The van der Waals surface area contributed by atoms with E-state index < -0.39 is 11.9 Å². The van der Waals surface area contributed by atoms with Crippen LogP contribution in [0, 0.1) is 0 Å². The van der Waals surface area contributed by atoms with Gasteiger partial charge >= 0.3 is 0 Å². The molecule has 6 rings (SSSR count). The number of anilines is 1. The SMILES string of the molecule is O=C1CCC(N2Cc3cc(OCCCCCCNCc4ccc(N5CCN(Cc6ccccc6)CC5)cc4)ccc3C2=O)C(=O)N1. The van der Waals surface area contributed by atoms with E-state index in [1.807, 2.05) is 12.1 Å². The van der Waals surface area contributed by atoms with Gasteiger partial charge in [-0.15, -0.1) is 0 Å². The lowest BCUT2D eigenvalue weighted by Crippen LogP contribution is -2.52. The fraction of sp³-hybridized carbons (Fsp3) is 0.432. The van der Waals surface area contributed by atoms with Crippen LogP contribution in [0.2, 0.25) is 0 Å². The maximum absolute atomic E-state index is 12.9. The van der Waals surface area contributed by atoms with Gasteiger partial charge in [-0.3, -0.25) is 24.6 Å². The molecule has 9 heteroatoms. The molecular weight excluding hydrogens is 578 g/mol. The summed E-state index contributed by atoms with van der Waals surface area (Å²) in [5, 5.41) is 5.92. The van der Waals surface area contributed by atoms with Crippen molar-refractivity contribution in [2.45, 2.75) is 64.2 Å². The minimum absolute atomic E-state index is 0.161. The van der Waals surface area contributed by atoms with Gasteiger partial charge in [-0.05, 0) is 72.8 Å². The smallest absolute Gasteiger partial charge is 0.255 e. The van der Waals surface area contributed by atoms with Crippen molar-refractivity contribution in [2.75, 3.05) is 44.2 Å². The third-order valence-corrected chi connectivity index (χ3v) is 9.26. The predicted octanol–water partition coefficient (Wildman–Crippen LogP) is 4.50. The molecule has 0 saturated carbocycles. The van der Waals surface area contributed by atoms with E-state index in [2.05, 4.69) is 75.0 Å². The van der Waals surface area contributed by atoms with Crippen LogP contribution in [0.15, 0.2) is 72.8 Å². The van der Waals surface area contributed by atoms with Crippen molar-refractivity contribution in [3.05, 3.63) is 95.1 Å². The molecule has 0 spiro atoms. The molecule has 46 heavy (non-hydrogen) atoms. The molecule has 1 unspecified atom stereocenters. The number of carbonyl (C=O) groups excluding carboxylic acids is 3. The largest absolute Gasteiger partial charge is 0.494 e. The Balaban J connectivity index is 0.818. The lowest BCUT2D eigenvalue weighted by atomic mass is 10.0. The maximum Gasteiger partial charge on any atom is 0.255 e. The van der Waals surface area contributed by atoms with Crippen LogP contribution in [0.1, 0.15) is 65.6 Å². The van der Waals surface area contributed by atoms with Gasteiger partial charge in [0.25, 0.3) is 5.91 Å². The second kappa shape index (κ2) is 15.4. The number of piperazine rings is 1. The zero-order valence-corrected chi connectivity index (χ0v) is 26.6. The number of fused-ring (bicyclic) bond motifs is 1. The van der Waals surface area contributed by atoms with Gasteiger partial charge in [0.1, 0.15) is 11.8 Å². The first-order chi connectivity index (χ1) is 22.5. The molecule has 3 aromatic rings. The molecule has 3 aliphatic rings. The fourth-order valence-electron chi connectivity index (χ4n) is 6.60. The number of hydrogen-bond acceptors (Lipinski definition) is 7. The average Bonchev–Trinajstić information content (AvgIpc) is 3.40. The highest BCUT2D eigenvalue weighted by Crippen LogP contribution is 2.30. The molecule has 1 atom stereocenters. The second-order valence-electron chi connectivity index (χ2n) is 12.6. The van der Waals surface area contributed by atoms with Crippen LogP contribution in [0.5, 0.6) is 5.75 Å². The van der Waals surface area contributed by atoms with Gasteiger partial charge < -0.3 is 19.9 Å². The molecular formula is C37H45N5O4. The molecule has 3 aliphatic heterocycles. The number of piperidine rings is 1. The van der Waals surface area contributed by atoms with E-state index >= 15 is 0 Å². The zero-order valence-electron chi connectivity index (χ0n) is 26.6. The summed E-state index contributed by atoms with van der Waals surface area (Å²) >= 11 is 0. The third kappa shape index (κ3) is 8.13. The minimum Gasteiger partial charge on any atom is -0.494 e. The first-order valence-corrected chi connectivity index (χ1v) is 16.7. The van der Waals surface area contributed by atoms with Crippen LogP contribution in [0.25, 0.3) is 0 Å². The van der Waals surface area contributed by atoms with Crippen LogP contribution in [0.3, 0.4) is 0 Å². The molecule has 9 nitrogen and oxygen atoms in total. The average molecular weight is 624 g/mol. The van der Waals surface area contributed by atoms with Crippen LogP contribution >= 0.6 is 0 Å². The maximum atomic E-state index is 12.9. The number of carbonyl (C=O) groups is 3. The Kier molecular flexibility index (Phi) is 10.6. The standard InChI is InChI=1S/C37H45N5O4/c43-35-17-16-34(36(44)39-35)42-27-30-24-32(14-15-33(30)37(42)45)46-23-7-2-1-6-18-38-25-28-10-12-31(13-11-28)41-21-19-40(20-22-41)26-29-8-4-3-5-9-29/h3-5,8-15,24,34,38H,1-2,6-7,16-23,25-27H2,(H,39,43,44). The van der Waals surface area contributed by atoms with Crippen molar-refractivity contribution in [3.8, 4) is 5.75 Å². The van der Waals surface area contributed by atoms with Crippen molar-refractivity contribution >= 4 is 23.4 Å². The van der Waals surface area contributed by atoms with Crippen LogP contribution < -0.4 is 20.3 Å². The van der Waals surface area contributed by atoms with Crippen LogP contribution in [-0.4, -0.2) is 72.9 Å². The van der Waals surface area contributed by atoms with Crippen molar-refractivity contribution < 1.29 is 19.1 Å². The van der Waals surface area contributed by atoms with Crippen molar-refractivity contribution in [1.29, 1.82) is 0 Å². The van der Waals surface area contributed by atoms with Crippen molar-refractivity contribution in [2.24, 2.45) is 0 Å². The van der Waals surface area contributed by atoms with Gasteiger partial charge in [0, 0.05) is 63.5 Å². The summed E-state index contributed by atoms with van der Waals surface area (Å²) in [7, 11) is 0. The Morgan fingerprint density at radius 1 is 0.826 bits per heavy atom. The summed E-state index contributed by atoms with van der Waals surface area (Å²) in [6, 6.07) is 24.7. The highest BCUT2D eigenvalue weighted by molar-refractivity contribution is 6.05. The number of ether oxygens (including phenoxy) is 1. The Morgan fingerprint density at radius 2 is 1.61 bits per heavy atom. The monoisotopic (exact) mass is 623 g/mol. The molecule has 0 aromatic heterocycles. The van der Waals surface area contributed by atoms with Gasteiger partial charge in [0.15, 0.2) is 0 Å². The molecule has 2 fully saturated rings. The van der Waals surface area contributed by atoms with Gasteiger partial charge in [0.2, 0.25) is 11.8 Å². The molecule has 242 valence electrons. The first kappa shape index (κ1) is 31.8. The molecule has 2 saturated heterocycles. The topological polar surface area (TPSA) is 94.2 Å². The molecule has 0 bridgehead atoms. The van der Waals surface area contributed by atoms with Gasteiger partial charge in [-0.1, -0.05) is 55.3 Å². The van der Waals surface area contributed by atoms with E-state index in [1.54, 1.807) is 11.0 Å². The molecule has 3 amide bonds. The molecule has 0 radical (unpaired) electrons. The van der Waals surface area contributed by atoms with E-state index in [1.165, 1.54) is 16.8 Å². The number of amides is 3. The van der Waals surface area contributed by atoms with Crippen LogP contribution in [0.4, 0.5) is 5.69 Å². The summed E-state index contributed by atoms with van der Waals surface area (Å²) in [6.45, 7) is 8.21. The number of unbranched alkanes of at least 4 members (excludes halogenated alkanes) is 3. The van der Waals surface area contributed by atoms with Gasteiger partial charge in [0.05, 0.1) is 6.61 Å². The molecule has 2 N–H and O–H groups in total. The van der Waals surface area contributed by atoms with E-state index in [9.17, 15) is 14.4 Å². The summed E-state index contributed by atoms with van der Waals surface area (Å²) in [5.41, 5.74) is 5.49. The Bertz CT molecular complexity index is 1490. The molecule has 3 aromatic carbocycles. The highest BCUT2D eigenvalue weighted by Gasteiger charge is 2.39. The summed E-state index contributed by atoms with van der Waals surface area (Å²) in [6.07, 6.45) is 4.96. The number of benzene rings is 3. The Morgan fingerprint density at radius 3 is 2.39 bits per heavy atom. The number of nitrogens with one attached hydrogen (secondary N) is 2. The minimum atomic E-state index is -0.598. The summed E-state index contributed by atoms with van der Waals surface area (Å²) in [4.78, 5) is 43.2. The number of rotatable bonds is 14. The van der Waals surface area contributed by atoms with Crippen LogP contribution in [-0.2, 0) is 29.2 Å². The quantitative estimate of drug-likeness (QED) is 0.202. The van der Waals surface area contributed by atoms with Gasteiger partial charge in [-0.25, -0.2) is 0 Å². The van der Waals surface area contributed by atoms with E-state index in [0.717, 1.165) is 82.8 Å². The second-order valence-corrected chi connectivity index (χ2v) is 12.6. The number of nitrogens with zero attached hydrogens (tertiary/aromatic N) is 3. The fourth-order valence-corrected chi connectivity index (χ4v) is 6.60. The lowest BCUT2D eigenvalue weighted by molar-refractivity contribution is -0.136. The van der Waals surface area contributed by atoms with E-state index in [0.29, 0.717) is 25.1 Å². The van der Waals surface area contributed by atoms with E-state index in [-0.39, 0.29) is 18.2 Å². The Labute approximate surface area is 271 Å². The Hall–Kier alpha value is -4.21. The number of hydrogen-bond donors (Lipinski definition) is 2. The highest BCUT2D eigenvalue weighted by atomic mass is 16.5. The van der Waals surface area contributed by atoms with Crippen molar-refractivity contribution in [1.82, 2.24) is 20.4 Å². The number of imide groups is 1. The van der Waals surface area contributed by atoms with Crippen molar-refractivity contribution in [3.63, 3.8) is 0 Å². The molecule has 3 heterocycles. The normalized spacial score (nSPS) is 18.5. The summed E-state index contributed by atoms with van der Waals surface area (Å²) in [5.74, 6) is -0.0863. The molecule has 0 aliphatic carbocycles. The zero-order chi connectivity index (χ0) is 31.7. The first-order valence-electron chi connectivity index (χ1n) is 16.7. The summed E-state index contributed by atoms with van der Waals surface area (Å²) < 4.78 is 5.98. The predicted molar refractivity (Wildman–Crippen MR) is 179 cm³/mol.